The number of methoxy groups -OCH3 is 1. The molecule has 2 heterocycles. The molecule has 3 N–H and O–H groups in total. The molecule has 7 heteroatoms. The largest absolute Gasteiger partial charge is 0.374 e. The number of ether oxygens (including phenoxy) is 1. The van der Waals surface area contributed by atoms with Crippen LogP contribution in [-0.4, -0.2) is 55.1 Å². The summed E-state index contributed by atoms with van der Waals surface area (Å²) in [5.74, 6) is 0.497. The third-order valence-electron chi connectivity index (χ3n) is 6.85. The number of nitrogens with zero attached hydrogens (tertiary/aromatic N) is 3. The first kappa shape index (κ1) is 23.6. The van der Waals surface area contributed by atoms with Crippen LogP contribution >= 0.6 is 0 Å². The van der Waals surface area contributed by atoms with Gasteiger partial charge in [-0.3, -0.25) is 9.79 Å². The molecule has 178 valence electrons. The Morgan fingerprint density at radius 2 is 2.09 bits per heavy atom. The summed E-state index contributed by atoms with van der Waals surface area (Å²) in [5.41, 5.74) is 9.74. The maximum absolute atomic E-state index is 13.2. The van der Waals surface area contributed by atoms with Gasteiger partial charge in [0, 0.05) is 37.2 Å². The zero-order chi connectivity index (χ0) is 23.4. The molecule has 1 saturated heterocycles. The van der Waals surface area contributed by atoms with Crippen LogP contribution < -0.4 is 16.0 Å². The van der Waals surface area contributed by atoms with Gasteiger partial charge >= 0.3 is 0 Å². The van der Waals surface area contributed by atoms with Crippen molar-refractivity contribution in [1.29, 1.82) is 0 Å². The van der Waals surface area contributed by atoms with Crippen LogP contribution in [0, 0.1) is 6.92 Å². The van der Waals surface area contributed by atoms with Gasteiger partial charge in [0.2, 0.25) is 0 Å². The summed E-state index contributed by atoms with van der Waals surface area (Å²) in [6.45, 7) is 5.39. The lowest BCUT2D eigenvalue weighted by atomic mass is 9.95. The number of hydrogen-bond donors (Lipinski definition) is 2. The van der Waals surface area contributed by atoms with Gasteiger partial charge in [0.25, 0.3) is 5.91 Å². The Kier molecular flexibility index (Phi) is 7.60. The first-order chi connectivity index (χ1) is 16.0. The zero-order valence-corrected chi connectivity index (χ0v) is 20.1. The second-order valence-electron chi connectivity index (χ2n) is 9.38. The SMILES string of the molecule is CCC(N)NC(=O)c1cc2cc(C)ccc2nc1N1CCC(=NC2CCCCC2)C(OC)C1. The number of piperidine rings is 1. The monoisotopic (exact) mass is 451 g/mol. The summed E-state index contributed by atoms with van der Waals surface area (Å²) >= 11 is 0. The van der Waals surface area contributed by atoms with Crippen molar-refractivity contribution in [2.75, 3.05) is 25.1 Å². The lowest BCUT2D eigenvalue weighted by molar-refractivity contribution is 0.0937. The molecular weight excluding hydrogens is 414 g/mol. The minimum Gasteiger partial charge on any atom is -0.374 e. The molecule has 1 aromatic heterocycles. The molecule has 0 spiro atoms. The highest BCUT2D eigenvalue weighted by atomic mass is 16.5. The van der Waals surface area contributed by atoms with E-state index in [9.17, 15) is 4.79 Å². The van der Waals surface area contributed by atoms with Crippen LogP contribution in [0.2, 0.25) is 0 Å². The van der Waals surface area contributed by atoms with E-state index in [0.717, 1.165) is 35.1 Å². The number of rotatable bonds is 6. The molecule has 2 aromatic rings. The van der Waals surface area contributed by atoms with Crippen molar-refractivity contribution >= 4 is 28.3 Å². The van der Waals surface area contributed by atoms with Crippen LogP contribution in [0.1, 0.15) is 67.8 Å². The number of anilines is 1. The maximum Gasteiger partial charge on any atom is 0.256 e. The second kappa shape index (κ2) is 10.6. The van der Waals surface area contributed by atoms with E-state index in [2.05, 4.69) is 22.3 Å². The van der Waals surface area contributed by atoms with Crippen molar-refractivity contribution in [3.63, 3.8) is 0 Å². The number of fused-ring (bicyclic) bond motifs is 1. The number of nitrogens with two attached hydrogens (primary N) is 1. The normalized spacial score (nSPS) is 22.0. The molecule has 2 fully saturated rings. The zero-order valence-electron chi connectivity index (χ0n) is 20.1. The van der Waals surface area contributed by atoms with Gasteiger partial charge < -0.3 is 20.7 Å². The molecule has 1 aromatic carbocycles. The number of aliphatic imine (C=N–C) groups is 1. The van der Waals surface area contributed by atoms with Crippen molar-refractivity contribution < 1.29 is 9.53 Å². The Morgan fingerprint density at radius 3 is 2.82 bits per heavy atom. The van der Waals surface area contributed by atoms with E-state index < -0.39 is 0 Å². The highest BCUT2D eigenvalue weighted by molar-refractivity contribution is 6.03. The summed E-state index contributed by atoms with van der Waals surface area (Å²) in [6.07, 6.45) is 7.21. The van der Waals surface area contributed by atoms with Crippen LogP contribution in [0.5, 0.6) is 0 Å². The van der Waals surface area contributed by atoms with Crippen molar-refractivity contribution in [2.45, 2.75) is 77.1 Å². The van der Waals surface area contributed by atoms with E-state index in [0.29, 0.717) is 30.4 Å². The molecule has 0 bridgehead atoms. The molecule has 0 radical (unpaired) electrons. The predicted octanol–water partition coefficient (Wildman–Crippen LogP) is 3.97. The Balaban J connectivity index is 1.64. The van der Waals surface area contributed by atoms with Gasteiger partial charge in [-0.25, -0.2) is 4.98 Å². The maximum atomic E-state index is 13.2. The molecule has 1 aliphatic heterocycles. The molecule has 2 aliphatic rings. The fourth-order valence-corrected chi connectivity index (χ4v) is 4.84. The molecule has 4 rings (SSSR count). The molecule has 2 unspecified atom stereocenters. The van der Waals surface area contributed by atoms with E-state index in [4.69, 9.17) is 20.4 Å². The van der Waals surface area contributed by atoms with Crippen molar-refractivity contribution in [1.82, 2.24) is 10.3 Å². The summed E-state index contributed by atoms with van der Waals surface area (Å²) < 4.78 is 5.86. The molecule has 1 aliphatic carbocycles. The average Bonchev–Trinajstić information content (AvgIpc) is 2.84. The summed E-state index contributed by atoms with van der Waals surface area (Å²) in [4.78, 5) is 25.4. The number of amides is 1. The lowest BCUT2D eigenvalue weighted by Gasteiger charge is -2.35. The van der Waals surface area contributed by atoms with Crippen LogP contribution in [0.3, 0.4) is 0 Å². The van der Waals surface area contributed by atoms with Crippen molar-refractivity contribution in [3.05, 3.63) is 35.4 Å². The average molecular weight is 452 g/mol. The summed E-state index contributed by atoms with van der Waals surface area (Å²) in [7, 11) is 1.75. The summed E-state index contributed by atoms with van der Waals surface area (Å²) in [6, 6.07) is 8.49. The van der Waals surface area contributed by atoms with Crippen molar-refractivity contribution in [3.8, 4) is 0 Å². The molecular formula is C26H37N5O2. The van der Waals surface area contributed by atoms with Gasteiger partial charge in [-0.2, -0.15) is 0 Å². The first-order valence-electron chi connectivity index (χ1n) is 12.3. The molecule has 7 nitrogen and oxygen atoms in total. The predicted molar refractivity (Wildman–Crippen MR) is 134 cm³/mol. The Morgan fingerprint density at radius 1 is 1.30 bits per heavy atom. The quantitative estimate of drug-likeness (QED) is 0.649. The number of aromatic nitrogens is 1. The Bertz CT molecular complexity index is 1020. The van der Waals surface area contributed by atoms with E-state index in [1.54, 1.807) is 7.11 Å². The van der Waals surface area contributed by atoms with E-state index in [-0.39, 0.29) is 18.2 Å². The molecule has 2 atom stereocenters. The van der Waals surface area contributed by atoms with Gasteiger partial charge in [0.15, 0.2) is 0 Å². The number of pyridine rings is 1. The highest BCUT2D eigenvalue weighted by Gasteiger charge is 2.30. The van der Waals surface area contributed by atoms with Gasteiger partial charge in [0.1, 0.15) is 11.9 Å². The minimum absolute atomic E-state index is 0.0926. The summed E-state index contributed by atoms with van der Waals surface area (Å²) in [5, 5.41) is 3.86. The fraction of sp³-hybridized carbons (Fsp3) is 0.577. The van der Waals surface area contributed by atoms with Gasteiger partial charge in [-0.05, 0) is 44.4 Å². The van der Waals surface area contributed by atoms with E-state index >= 15 is 0 Å². The van der Waals surface area contributed by atoms with Crippen molar-refractivity contribution in [2.24, 2.45) is 10.7 Å². The smallest absolute Gasteiger partial charge is 0.256 e. The third-order valence-corrected chi connectivity index (χ3v) is 6.85. The third kappa shape index (κ3) is 5.53. The molecule has 1 amide bonds. The van der Waals surface area contributed by atoms with Crippen LogP contribution in [-0.2, 0) is 4.74 Å². The van der Waals surface area contributed by atoms with Crippen LogP contribution in [0.4, 0.5) is 5.82 Å². The molecule has 33 heavy (non-hydrogen) atoms. The molecule has 1 saturated carbocycles. The van der Waals surface area contributed by atoms with E-state index in [1.807, 2.05) is 26.0 Å². The topological polar surface area (TPSA) is 92.8 Å². The van der Waals surface area contributed by atoms with Gasteiger partial charge in [-0.1, -0.05) is 37.8 Å². The number of nitrogens with one attached hydrogen (secondary N) is 1. The van der Waals surface area contributed by atoms with E-state index in [1.165, 1.54) is 32.1 Å². The van der Waals surface area contributed by atoms with Crippen LogP contribution in [0.25, 0.3) is 10.9 Å². The number of carbonyl (C=O) groups is 1. The highest BCUT2D eigenvalue weighted by Crippen LogP contribution is 2.28. The minimum atomic E-state index is -0.388. The first-order valence-corrected chi connectivity index (χ1v) is 12.3. The van der Waals surface area contributed by atoms with Crippen LogP contribution in [0.15, 0.2) is 29.3 Å². The lowest BCUT2D eigenvalue weighted by Crippen LogP contribution is -2.47. The van der Waals surface area contributed by atoms with Gasteiger partial charge in [0.05, 0.1) is 23.8 Å². The number of carbonyl (C=O) groups excluding carboxylic acids is 1. The Hall–Kier alpha value is -2.51. The number of benzene rings is 1. The number of hydrogen-bond acceptors (Lipinski definition) is 6. The second-order valence-corrected chi connectivity index (χ2v) is 9.38. The standard InChI is InChI=1S/C26H37N5O2/c1-4-24(27)30-26(32)20-15-18-14-17(2)10-11-21(18)29-25(20)31-13-12-22(23(16-31)33-3)28-19-8-6-5-7-9-19/h10-11,14-15,19,23-24H,4-9,12-13,16,27H2,1-3H3,(H,30,32). The Labute approximate surface area is 196 Å². The number of aryl methyl sites for hydroxylation is 1. The van der Waals surface area contributed by atoms with Gasteiger partial charge in [-0.15, -0.1) is 0 Å². The fourth-order valence-electron chi connectivity index (χ4n) is 4.84.